The molecule has 0 amide bonds. The SMILES string of the molecule is CC(C)(C)C1CCCN(CC(=O)c2sccc2Br)CC1. The number of rotatable bonds is 3. The number of likely N-dealkylation sites (tertiary alicyclic amines) is 1. The Morgan fingerprint density at radius 3 is 2.75 bits per heavy atom. The van der Waals surface area contributed by atoms with Crippen LogP contribution in [0.25, 0.3) is 0 Å². The Morgan fingerprint density at radius 2 is 2.15 bits per heavy atom. The summed E-state index contributed by atoms with van der Waals surface area (Å²) in [6.07, 6.45) is 3.71. The minimum Gasteiger partial charge on any atom is -0.296 e. The van der Waals surface area contributed by atoms with Crippen molar-refractivity contribution in [2.75, 3.05) is 19.6 Å². The number of thiophene rings is 1. The van der Waals surface area contributed by atoms with Gasteiger partial charge in [-0.3, -0.25) is 9.69 Å². The van der Waals surface area contributed by atoms with Crippen molar-refractivity contribution in [1.82, 2.24) is 4.90 Å². The molecule has 1 aromatic heterocycles. The molecule has 1 atom stereocenters. The smallest absolute Gasteiger partial charge is 0.187 e. The van der Waals surface area contributed by atoms with Crippen LogP contribution in [0.3, 0.4) is 0 Å². The fourth-order valence-electron chi connectivity index (χ4n) is 2.95. The van der Waals surface area contributed by atoms with Crippen molar-refractivity contribution in [3.8, 4) is 0 Å². The molecule has 0 aromatic carbocycles. The Morgan fingerprint density at radius 1 is 1.40 bits per heavy atom. The second-order valence-electron chi connectivity index (χ2n) is 6.79. The molecule has 112 valence electrons. The standard InChI is InChI=1S/C16H24BrNOS/c1-16(2,3)12-5-4-8-18(9-6-12)11-14(19)15-13(17)7-10-20-15/h7,10,12H,4-6,8-9,11H2,1-3H3. The molecule has 1 aromatic rings. The van der Waals surface area contributed by atoms with E-state index in [1.165, 1.54) is 30.6 Å². The van der Waals surface area contributed by atoms with Crippen molar-refractivity contribution < 1.29 is 4.79 Å². The number of carbonyl (C=O) groups excluding carboxylic acids is 1. The summed E-state index contributed by atoms with van der Waals surface area (Å²) < 4.78 is 0.940. The average Bonchev–Trinajstić information content (AvgIpc) is 2.63. The van der Waals surface area contributed by atoms with Crippen molar-refractivity contribution in [1.29, 1.82) is 0 Å². The van der Waals surface area contributed by atoms with Gasteiger partial charge in [0.25, 0.3) is 0 Å². The van der Waals surface area contributed by atoms with Crippen molar-refractivity contribution in [2.24, 2.45) is 11.3 Å². The monoisotopic (exact) mass is 357 g/mol. The zero-order chi connectivity index (χ0) is 14.8. The zero-order valence-corrected chi connectivity index (χ0v) is 15.0. The number of ketones is 1. The first-order valence-electron chi connectivity index (χ1n) is 7.36. The average molecular weight is 358 g/mol. The van der Waals surface area contributed by atoms with Gasteiger partial charge in [0.15, 0.2) is 5.78 Å². The van der Waals surface area contributed by atoms with Crippen LogP contribution in [-0.4, -0.2) is 30.3 Å². The van der Waals surface area contributed by atoms with E-state index in [1.54, 1.807) is 0 Å². The minimum absolute atomic E-state index is 0.251. The molecular formula is C16H24BrNOS. The number of halogens is 1. The maximum atomic E-state index is 12.3. The highest BCUT2D eigenvalue weighted by atomic mass is 79.9. The van der Waals surface area contributed by atoms with Gasteiger partial charge in [0.05, 0.1) is 11.4 Å². The summed E-state index contributed by atoms with van der Waals surface area (Å²) in [6, 6.07) is 1.95. The first-order valence-corrected chi connectivity index (χ1v) is 9.04. The summed E-state index contributed by atoms with van der Waals surface area (Å²) in [5.41, 5.74) is 0.386. The molecule has 2 nitrogen and oxygen atoms in total. The lowest BCUT2D eigenvalue weighted by Gasteiger charge is -2.29. The van der Waals surface area contributed by atoms with E-state index in [9.17, 15) is 4.79 Å². The second kappa shape index (κ2) is 6.71. The lowest BCUT2D eigenvalue weighted by Crippen LogP contribution is -2.31. The molecule has 0 N–H and O–H groups in total. The molecule has 1 aliphatic heterocycles. The maximum absolute atomic E-state index is 12.3. The third kappa shape index (κ3) is 4.15. The maximum Gasteiger partial charge on any atom is 0.187 e. The summed E-state index contributed by atoms with van der Waals surface area (Å²) in [7, 11) is 0. The molecular weight excluding hydrogens is 334 g/mol. The molecule has 20 heavy (non-hydrogen) atoms. The van der Waals surface area contributed by atoms with Crippen molar-refractivity contribution in [3.05, 3.63) is 20.8 Å². The molecule has 0 bridgehead atoms. The van der Waals surface area contributed by atoms with Crippen LogP contribution in [0.1, 0.15) is 49.7 Å². The van der Waals surface area contributed by atoms with Gasteiger partial charge in [-0.2, -0.15) is 0 Å². The Hall–Kier alpha value is -0.190. The van der Waals surface area contributed by atoms with Crippen molar-refractivity contribution in [3.63, 3.8) is 0 Å². The number of carbonyl (C=O) groups is 1. The van der Waals surface area contributed by atoms with E-state index in [1.807, 2.05) is 11.4 Å². The number of hydrogen-bond acceptors (Lipinski definition) is 3. The van der Waals surface area contributed by atoms with Crippen LogP contribution in [0.15, 0.2) is 15.9 Å². The highest BCUT2D eigenvalue weighted by Crippen LogP contribution is 2.34. The Balaban J connectivity index is 1.92. The first kappa shape index (κ1) is 16.2. The van der Waals surface area contributed by atoms with E-state index in [0.717, 1.165) is 28.4 Å². The quantitative estimate of drug-likeness (QED) is 0.721. The molecule has 1 saturated heterocycles. The fourth-order valence-corrected chi connectivity index (χ4v) is 4.47. The van der Waals surface area contributed by atoms with Gasteiger partial charge in [-0.15, -0.1) is 11.3 Å². The Labute approximate surface area is 134 Å². The van der Waals surface area contributed by atoms with Gasteiger partial charge < -0.3 is 0 Å². The van der Waals surface area contributed by atoms with Crippen LogP contribution < -0.4 is 0 Å². The van der Waals surface area contributed by atoms with E-state index < -0.39 is 0 Å². The van der Waals surface area contributed by atoms with Gasteiger partial charge in [-0.25, -0.2) is 0 Å². The van der Waals surface area contributed by atoms with Gasteiger partial charge in [0.2, 0.25) is 0 Å². The van der Waals surface area contributed by atoms with Gasteiger partial charge in [0, 0.05) is 4.47 Å². The molecule has 2 heterocycles. The number of nitrogens with zero attached hydrogens (tertiary/aromatic N) is 1. The van der Waals surface area contributed by atoms with Crippen LogP contribution in [0.2, 0.25) is 0 Å². The summed E-state index contributed by atoms with van der Waals surface area (Å²) in [5.74, 6) is 1.03. The molecule has 0 aliphatic carbocycles. The number of Topliss-reactive ketones (excluding diaryl/α,β-unsaturated/α-hetero) is 1. The lowest BCUT2D eigenvalue weighted by atomic mass is 9.77. The van der Waals surface area contributed by atoms with E-state index in [4.69, 9.17) is 0 Å². The third-order valence-corrected chi connectivity index (χ3v) is 6.16. The first-order chi connectivity index (χ1) is 9.38. The molecule has 0 spiro atoms. The van der Waals surface area contributed by atoms with E-state index in [0.29, 0.717) is 12.0 Å². The number of hydrogen-bond donors (Lipinski definition) is 0. The molecule has 1 unspecified atom stereocenters. The second-order valence-corrected chi connectivity index (χ2v) is 8.56. The summed E-state index contributed by atoms with van der Waals surface area (Å²) in [4.78, 5) is 15.5. The fraction of sp³-hybridized carbons (Fsp3) is 0.688. The third-order valence-electron chi connectivity index (χ3n) is 4.28. The predicted octanol–water partition coefficient (Wildman–Crippen LogP) is 4.84. The van der Waals surface area contributed by atoms with Crippen LogP contribution in [0.5, 0.6) is 0 Å². The molecule has 0 saturated carbocycles. The molecule has 4 heteroatoms. The zero-order valence-electron chi connectivity index (χ0n) is 12.6. The van der Waals surface area contributed by atoms with Crippen LogP contribution in [-0.2, 0) is 0 Å². The predicted molar refractivity (Wildman–Crippen MR) is 89.6 cm³/mol. The topological polar surface area (TPSA) is 20.3 Å². The normalized spacial score (nSPS) is 21.7. The van der Waals surface area contributed by atoms with Gasteiger partial charge >= 0.3 is 0 Å². The highest BCUT2D eigenvalue weighted by molar-refractivity contribution is 9.10. The molecule has 2 rings (SSSR count). The summed E-state index contributed by atoms with van der Waals surface area (Å²) >= 11 is 4.99. The van der Waals surface area contributed by atoms with E-state index in [2.05, 4.69) is 41.6 Å². The van der Waals surface area contributed by atoms with Crippen LogP contribution in [0.4, 0.5) is 0 Å². The Bertz CT molecular complexity index is 463. The van der Waals surface area contributed by atoms with Gasteiger partial charge in [-0.05, 0) is 71.1 Å². The Kier molecular flexibility index (Phi) is 5.43. The summed E-state index contributed by atoms with van der Waals surface area (Å²) in [6.45, 7) is 9.68. The van der Waals surface area contributed by atoms with Crippen molar-refractivity contribution >= 4 is 33.0 Å². The van der Waals surface area contributed by atoms with Crippen LogP contribution in [0, 0.1) is 11.3 Å². The largest absolute Gasteiger partial charge is 0.296 e. The molecule has 1 fully saturated rings. The van der Waals surface area contributed by atoms with Gasteiger partial charge in [-0.1, -0.05) is 20.8 Å². The van der Waals surface area contributed by atoms with E-state index >= 15 is 0 Å². The van der Waals surface area contributed by atoms with E-state index in [-0.39, 0.29) is 5.78 Å². The van der Waals surface area contributed by atoms with Gasteiger partial charge in [0.1, 0.15) is 0 Å². The van der Waals surface area contributed by atoms with Crippen molar-refractivity contribution in [2.45, 2.75) is 40.0 Å². The minimum atomic E-state index is 0.251. The molecule has 1 aliphatic rings. The lowest BCUT2D eigenvalue weighted by molar-refractivity contribution is 0.0934. The molecule has 0 radical (unpaired) electrons. The summed E-state index contributed by atoms with van der Waals surface area (Å²) in [5, 5.41) is 1.97. The van der Waals surface area contributed by atoms with Crippen LogP contribution >= 0.6 is 27.3 Å². The highest BCUT2D eigenvalue weighted by Gasteiger charge is 2.27.